The fourth-order valence-electron chi connectivity index (χ4n) is 3.86. The maximum absolute atomic E-state index is 14.5. The molecule has 0 spiro atoms. The maximum Gasteiger partial charge on any atom is 0.495 e. The number of aryl methyl sites for hydroxylation is 1. The first kappa shape index (κ1) is 20.6. The molecule has 1 N–H and O–H groups in total. The lowest BCUT2D eigenvalue weighted by atomic mass is 9.74. The molecule has 6 nitrogen and oxygen atoms in total. The molecular weight excluding hydrogens is 386 g/mol. The molecule has 0 aliphatic carbocycles. The summed E-state index contributed by atoms with van der Waals surface area (Å²) in [5.41, 5.74) is 0.699. The third-order valence-corrected chi connectivity index (χ3v) is 6.39. The number of nitrogens with zero attached hydrogens (tertiary/aromatic N) is 1. The van der Waals surface area contributed by atoms with E-state index in [0.29, 0.717) is 5.56 Å². The van der Waals surface area contributed by atoms with Crippen molar-refractivity contribution in [3.05, 3.63) is 62.6 Å². The van der Waals surface area contributed by atoms with Gasteiger partial charge in [0.1, 0.15) is 5.82 Å². The van der Waals surface area contributed by atoms with Gasteiger partial charge in [0, 0.05) is 7.05 Å². The van der Waals surface area contributed by atoms with E-state index in [2.05, 4.69) is 4.98 Å². The predicted octanol–water partition coefficient (Wildman–Crippen LogP) is 2.64. The van der Waals surface area contributed by atoms with E-state index in [0.717, 1.165) is 21.2 Å². The standard InChI is InChI=1S/C22H24BFN2O4/c1-12-13(8-7-9-15(12)23-29-21(2,3)22(4,5)30-23)14-10-11-16(24)18-17(14)19(27)25-20(28)26(18)6/h7-11H,1-6H3,(H,25,27,28). The van der Waals surface area contributed by atoms with Crippen LogP contribution in [0.4, 0.5) is 4.39 Å². The third-order valence-electron chi connectivity index (χ3n) is 6.39. The summed E-state index contributed by atoms with van der Waals surface area (Å²) in [6.45, 7) is 9.86. The number of fused-ring (bicyclic) bond motifs is 1. The van der Waals surface area contributed by atoms with Crippen molar-refractivity contribution in [3.8, 4) is 11.1 Å². The number of halogens is 1. The number of rotatable bonds is 2. The summed E-state index contributed by atoms with van der Waals surface area (Å²) in [5, 5.41) is 0.131. The minimum Gasteiger partial charge on any atom is -0.399 e. The van der Waals surface area contributed by atoms with E-state index in [-0.39, 0.29) is 10.9 Å². The Morgan fingerprint density at radius 1 is 1.00 bits per heavy atom. The highest BCUT2D eigenvalue weighted by molar-refractivity contribution is 6.62. The van der Waals surface area contributed by atoms with Gasteiger partial charge in [-0.25, -0.2) is 9.18 Å². The van der Waals surface area contributed by atoms with Crippen LogP contribution in [-0.4, -0.2) is 27.9 Å². The molecule has 4 rings (SSSR count). The Morgan fingerprint density at radius 3 is 2.27 bits per heavy atom. The highest BCUT2D eigenvalue weighted by Gasteiger charge is 2.52. The summed E-state index contributed by atoms with van der Waals surface area (Å²) in [6, 6.07) is 8.48. The zero-order valence-corrected chi connectivity index (χ0v) is 17.9. The van der Waals surface area contributed by atoms with Crippen molar-refractivity contribution in [2.45, 2.75) is 45.8 Å². The Labute approximate surface area is 173 Å². The third kappa shape index (κ3) is 2.94. The van der Waals surface area contributed by atoms with Crippen molar-refractivity contribution < 1.29 is 13.7 Å². The molecule has 1 fully saturated rings. The summed E-state index contributed by atoms with van der Waals surface area (Å²) in [6.07, 6.45) is 0. The molecule has 156 valence electrons. The van der Waals surface area contributed by atoms with E-state index >= 15 is 0 Å². The summed E-state index contributed by atoms with van der Waals surface area (Å²) in [4.78, 5) is 26.9. The number of aromatic nitrogens is 2. The minimum atomic E-state index is -0.661. The van der Waals surface area contributed by atoms with E-state index in [4.69, 9.17) is 9.31 Å². The zero-order chi connectivity index (χ0) is 22.0. The number of H-pyrrole nitrogens is 1. The number of hydrogen-bond donors (Lipinski definition) is 1. The van der Waals surface area contributed by atoms with Gasteiger partial charge in [0.25, 0.3) is 5.56 Å². The molecule has 8 heteroatoms. The molecule has 0 atom stereocenters. The quantitative estimate of drug-likeness (QED) is 0.660. The molecule has 1 saturated heterocycles. The Morgan fingerprint density at radius 2 is 1.63 bits per heavy atom. The van der Waals surface area contributed by atoms with Gasteiger partial charge in [0.05, 0.1) is 22.1 Å². The SMILES string of the molecule is Cc1c(B2OC(C)(C)C(C)(C)O2)cccc1-c1ccc(F)c2c1c(=O)[nH]c(=O)n2C. The van der Waals surface area contributed by atoms with E-state index in [1.54, 1.807) is 6.07 Å². The zero-order valence-electron chi connectivity index (χ0n) is 17.9. The predicted molar refractivity (Wildman–Crippen MR) is 116 cm³/mol. The minimum absolute atomic E-state index is 0.0262. The fourth-order valence-corrected chi connectivity index (χ4v) is 3.86. The van der Waals surface area contributed by atoms with Gasteiger partial charge in [-0.3, -0.25) is 14.3 Å². The lowest BCUT2D eigenvalue weighted by Crippen LogP contribution is -2.41. The first-order valence-electron chi connectivity index (χ1n) is 9.81. The second-order valence-corrected chi connectivity index (χ2v) is 8.74. The monoisotopic (exact) mass is 410 g/mol. The van der Waals surface area contributed by atoms with Gasteiger partial charge < -0.3 is 9.31 Å². The average molecular weight is 410 g/mol. The number of nitrogens with one attached hydrogen (secondary N) is 1. The number of aromatic amines is 1. The van der Waals surface area contributed by atoms with E-state index in [9.17, 15) is 14.0 Å². The fraction of sp³-hybridized carbons (Fsp3) is 0.364. The molecule has 0 saturated carbocycles. The topological polar surface area (TPSA) is 73.3 Å². The molecule has 0 bridgehead atoms. The molecule has 3 aromatic rings. The van der Waals surface area contributed by atoms with Gasteiger partial charge in [-0.2, -0.15) is 0 Å². The highest BCUT2D eigenvalue weighted by Crippen LogP contribution is 2.37. The van der Waals surface area contributed by atoms with Gasteiger partial charge in [-0.15, -0.1) is 0 Å². The Balaban J connectivity index is 1.95. The summed E-state index contributed by atoms with van der Waals surface area (Å²) in [7, 11) is 0.866. The first-order chi connectivity index (χ1) is 13.9. The molecule has 0 amide bonds. The Hall–Kier alpha value is -2.71. The van der Waals surface area contributed by atoms with Crippen LogP contribution < -0.4 is 16.7 Å². The van der Waals surface area contributed by atoms with Crippen molar-refractivity contribution >= 4 is 23.5 Å². The van der Waals surface area contributed by atoms with Crippen molar-refractivity contribution in [1.29, 1.82) is 0 Å². The molecule has 0 unspecified atom stereocenters. The van der Waals surface area contributed by atoms with Crippen LogP contribution in [0, 0.1) is 12.7 Å². The first-order valence-corrected chi connectivity index (χ1v) is 9.81. The molecule has 2 heterocycles. The molecule has 30 heavy (non-hydrogen) atoms. The van der Waals surface area contributed by atoms with Crippen LogP contribution in [0.1, 0.15) is 33.3 Å². The van der Waals surface area contributed by atoms with Crippen LogP contribution in [-0.2, 0) is 16.4 Å². The second-order valence-electron chi connectivity index (χ2n) is 8.74. The molecule has 1 aliphatic rings. The second kappa shape index (κ2) is 6.65. The number of hydrogen-bond acceptors (Lipinski definition) is 4. The smallest absolute Gasteiger partial charge is 0.399 e. The normalized spacial score (nSPS) is 17.6. The summed E-state index contributed by atoms with van der Waals surface area (Å²) >= 11 is 0. The van der Waals surface area contributed by atoms with Crippen molar-refractivity contribution in [2.75, 3.05) is 0 Å². The lowest BCUT2D eigenvalue weighted by Gasteiger charge is -2.32. The molecule has 1 aromatic heterocycles. The van der Waals surface area contributed by atoms with Crippen molar-refractivity contribution in [3.63, 3.8) is 0 Å². The molecular formula is C22H24BFN2O4. The van der Waals surface area contributed by atoms with Crippen LogP contribution in [0.25, 0.3) is 22.0 Å². The van der Waals surface area contributed by atoms with Crippen LogP contribution in [0.5, 0.6) is 0 Å². The Bertz CT molecular complexity index is 1280. The van der Waals surface area contributed by atoms with Crippen LogP contribution in [0.15, 0.2) is 39.9 Å². The Kier molecular flexibility index (Phi) is 4.56. The molecule has 0 radical (unpaired) electrons. The van der Waals surface area contributed by atoms with Gasteiger partial charge in [0.2, 0.25) is 0 Å². The van der Waals surface area contributed by atoms with Crippen LogP contribution in [0.2, 0.25) is 0 Å². The largest absolute Gasteiger partial charge is 0.495 e. The molecule has 1 aliphatic heterocycles. The maximum atomic E-state index is 14.5. The molecule has 2 aromatic carbocycles. The van der Waals surface area contributed by atoms with Gasteiger partial charge >= 0.3 is 12.8 Å². The van der Waals surface area contributed by atoms with Crippen molar-refractivity contribution in [2.24, 2.45) is 7.05 Å². The van der Waals surface area contributed by atoms with Crippen LogP contribution >= 0.6 is 0 Å². The summed E-state index contributed by atoms with van der Waals surface area (Å²) < 4.78 is 28.0. The average Bonchev–Trinajstić information content (AvgIpc) is 2.87. The van der Waals surface area contributed by atoms with E-state index in [1.807, 2.05) is 52.8 Å². The number of benzene rings is 2. The van der Waals surface area contributed by atoms with Crippen molar-refractivity contribution in [1.82, 2.24) is 9.55 Å². The van der Waals surface area contributed by atoms with E-state index < -0.39 is 35.4 Å². The van der Waals surface area contributed by atoms with Gasteiger partial charge in [0.15, 0.2) is 0 Å². The van der Waals surface area contributed by atoms with Gasteiger partial charge in [-0.1, -0.05) is 24.3 Å². The lowest BCUT2D eigenvalue weighted by molar-refractivity contribution is 0.00578. The highest BCUT2D eigenvalue weighted by atomic mass is 19.1. The van der Waals surface area contributed by atoms with Crippen LogP contribution in [0.3, 0.4) is 0 Å². The van der Waals surface area contributed by atoms with E-state index in [1.165, 1.54) is 13.1 Å². The summed E-state index contributed by atoms with van der Waals surface area (Å²) in [5.74, 6) is -0.626. The van der Waals surface area contributed by atoms with Gasteiger partial charge in [-0.05, 0) is 62.8 Å².